The van der Waals surface area contributed by atoms with Gasteiger partial charge in [0, 0.05) is 30.6 Å². The molecule has 0 atom stereocenters. The van der Waals surface area contributed by atoms with E-state index in [1.807, 2.05) is 18.0 Å². The van der Waals surface area contributed by atoms with Crippen molar-refractivity contribution in [3.63, 3.8) is 0 Å². The van der Waals surface area contributed by atoms with Crippen molar-refractivity contribution in [3.8, 4) is 0 Å². The summed E-state index contributed by atoms with van der Waals surface area (Å²) in [6, 6.07) is 2.26. The van der Waals surface area contributed by atoms with Crippen LogP contribution in [0.2, 0.25) is 0 Å². The molecule has 0 spiro atoms. The van der Waals surface area contributed by atoms with Crippen molar-refractivity contribution < 1.29 is 0 Å². The average molecular weight is 310 g/mol. The van der Waals surface area contributed by atoms with E-state index in [1.165, 1.54) is 16.2 Å². The molecular weight excluding hydrogens is 278 g/mol. The minimum Gasteiger partial charge on any atom is -0.308 e. The molecule has 0 aliphatic rings. The van der Waals surface area contributed by atoms with Crippen LogP contribution in [0, 0.1) is 6.92 Å². The summed E-state index contributed by atoms with van der Waals surface area (Å²) in [7, 11) is 0. The van der Waals surface area contributed by atoms with Crippen molar-refractivity contribution in [2.24, 2.45) is 0 Å². The van der Waals surface area contributed by atoms with E-state index in [1.54, 1.807) is 0 Å². The van der Waals surface area contributed by atoms with Gasteiger partial charge >= 0.3 is 0 Å². The molecule has 0 amide bonds. The second-order valence-corrected chi connectivity index (χ2v) is 7.53. The van der Waals surface area contributed by atoms with E-state index < -0.39 is 0 Å². The third-order valence-electron chi connectivity index (χ3n) is 3.45. The van der Waals surface area contributed by atoms with Crippen molar-refractivity contribution in [1.82, 2.24) is 15.2 Å². The van der Waals surface area contributed by atoms with Crippen LogP contribution in [0.5, 0.6) is 0 Å². The van der Waals surface area contributed by atoms with Crippen LogP contribution in [0.4, 0.5) is 0 Å². The highest BCUT2D eigenvalue weighted by atomic mass is 32.2. The highest BCUT2D eigenvalue weighted by Crippen LogP contribution is 2.20. The molecule has 4 heteroatoms. The molecule has 0 aromatic carbocycles. The van der Waals surface area contributed by atoms with Gasteiger partial charge < -0.3 is 10.2 Å². The van der Waals surface area contributed by atoms with Gasteiger partial charge in [0.1, 0.15) is 0 Å². The number of hydrogen-bond acceptors (Lipinski definition) is 4. The fourth-order valence-corrected chi connectivity index (χ4v) is 3.00. The number of thioether (sulfide) groups is 1. The first-order valence-corrected chi connectivity index (χ1v) is 8.90. The Morgan fingerprint density at radius 3 is 2.43 bits per heavy atom. The number of pyridine rings is 1. The summed E-state index contributed by atoms with van der Waals surface area (Å²) in [5.41, 5.74) is 2.69. The molecule has 0 saturated carbocycles. The Balaban J connectivity index is 2.50. The van der Waals surface area contributed by atoms with Crippen molar-refractivity contribution >= 4 is 11.8 Å². The van der Waals surface area contributed by atoms with E-state index in [0.29, 0.717) is 0 Å². The lowest BCUT2D eigenvalue weighted by Crippen LogP contribution is -2.35. The minimum absolute atomic E-state index is 0.144. The molecule has 1 rings (SSSR count). The summed E-state index contributed by atoms with van der Waals surface area (Å²) < 4.78 is 0. The SMILES string of the molecule is CCN(CC)CCSc1ncc(CNC(C)(C)C)cc1C. The topological polar surface area (TPSA) is 28.2 Å². The predicted molar refractivity (Wildman–Crippen MR) is 94.1 cm³/mol. The van der Waals surface area contributed by atoms with Crippen molar-refractivity contribution in [2.45, 2.75) is 58.7 Å². The second kappa shape index (κ2) is 8.76. The van der Waals surface area contributed by atoms with Gasteiger partial charge in [0.25, 0.3) is 0 Å². The smallest absolute Gasteiger partial charge is 0.0989 e. The molecule has 0 radical (unpaired) electrons. The number of nitrogens with one attached hydrogen (secondary N) is 1. The fraction of sp³-hybridized carbons (Fsp3) is 0.706. The zero-order chi connectivity index (χ0) is 15.9. The molecule has 0 bridgehead atoms. The van der Waals surface area contributed by atoms with Gasteiger partial charge in [-0.05, 0) is 51.9 Å². The van der Waals surface area contributed by atoms with Crippen LogP contribution in [0.3, 0.4) is 0 Å². The average Bonchev–Trinajstić information content (AvgIpc) is 2.42. The fourth-order valence-electron chi connectivity index (χ4n) is 2.05. The summed E-state index contributed by atoms with van der Waals surface area (Å²) in [6.07, 6.45) is 2.01. The first-order chi connectivity index (χ1) is 9.85. The van der Waals surface area contributed by atoms with Gasteiger partial charge in [0.2, 0.25) is 0 Å². The molecule has 21 heavy (non-hydrogen) atoms. The third kappa shape index (κ3) is 7.30. The summed E-state index contributed by atoms with van der Waals surface area (Å²) >= 11 is 1.87. The van der Waals surface area contributed by atoms with Crippen molar-refractivity contribution in [1.29, 1.82) is 0 Å². The van der Waals surface area contributed by atoms with Crippen LogP contribution in [0.1, 0.15) is 45.7 Å². The Morgan fingerprint density at radius 2 is 1.90 bits per heavy atom. The van der Waals surface area contributed by atoms with Crippen molar-refractivity contribution in [2.75, 3.05) is 25.4 Å². The Labute approximate surface area is 134 Å². The lowest BCUT2D eigenvalue weighted by atomic mass is 10.1. The number of nitrogens with zero attached hydrogens (tertiary/aromatic N) is 2. The third-order valence-corrected chi connectivity index (χ3v) is 4.54. The van der Waals surface area contributed by atoms with Crippen molar-refractivity contribution in [3.05, 3.63) is 23.4 Å². The molecule has 1 aromatic heterocycles. The zero-order valence-electron chi connectivity index (χ0n) is 14.5. The Kier molecular flexibility index (Phi) is 7.71. The lowest BCUT2D eigenvalue weighted by molar-refractivity contribution is 0.324. The van der Waals surface area contributed by atoms with Crippen LogP contribution < -0.4 is 5.32 Å². The van der Waals surface area contributed by atoms with Crippen LogP contribution in [-0.4, -0.2) is 40.8 Å². The molecule has 0 unspecified atom stereocenters. The van der Waals surface area contributed by atoms with Crippen LogP contribution in [-0.2, 0) is 6.54 Å². The number of aromatic nitrogens is 1. The largest absolute Gasteiger partial charge is 0.308 e. The highest BCUT2D eigenvalue weighted by Gasteiger charge is 2.09. The van der Waals surface area contributed by atoms with Gasteiger partial charge in [0.15, 0.2) is 0 Å². The Morgan fingerprint density at radius 1 is 1.24 bits per heavy atom. The van der Waals surface area contributed by atoms with E-state index in [9.17, 15) is 0 Å². The van der Waals surface area contributed by atoms with Gasteiger partial charge in [0.05, 0.1) is 5.03 Å². The molecule has 1 heterocycles. The Bertz CT molecular complexity index is 423. The van der Waals surface area contributed by atoms with Gasteiger partial charge in [-0.3, -0.25) is 0 Å². The van der Waals surface area contributed by atoms with Gasteiger partial charge in [-0.2, -0.15) is 0 Å². The summed E-state index contributed by atoms with van der Waals surface area (Å²) in [4.78, 5) is 7.08. The summed E-state index contributed by atoms with van der Waals surface area (Å²) in [5.74, 6) is 1.11. The van der Waals surface area contributed by atoms with Gasteiger partial charge in [-0.25, -0.2) is 4.98 Å². The highest BCUT2D eigenvalue weighted by molar-refractivity contribution is 7.99. The maximum absolute atomic E-state index is 4.63. The zero-order valence-corrected chi connectivity index (χ0v) is 15.3. The molecule has 3 nitrogen and oxygen atoms in total. The maximum atomic E-state index is 4.63. The Hall–Kier alpha value is -0.580. The molecule has 0 fully saturated rings. The first-order valence-electron chi connectivity index (χ1n) is 7.91. The number of hydrogen-bond donors (Lipinski definition) is 1. The second-order valence-electron chi connectivity index (χ2n) is 6.44. The van der Waals surface area contributed by atoms with Crippen LogP contribution in [0.25, 0.3) is 0 Å². The van der Waals surface area contributed by atoms with E-state index in [2.05, 4.69) is 62.8 Å². The molecule has 120 valence electrons. The normalized spacial score (nSPS) is 12.1. The number of rotatable bonds is 8. The quantitative estimate of drug-likeness (QED) is 0.741. The summed E-state index contributed by atoms with van der Waals surface area (Å²) in [5, 5.41) is 4.67. The lowest BCUT2D eigenvalue weighted by Gasteiger charge is -2.21. The van der Waals surface area contributed by atoms with Gasteiger partial charge in [-0.15, -0.1) is 11.8 Å². The maximum Gasteiger partial charge on any atom is 0.0989 e. The first kappa shape index (κ1) is 18.5. The van der Waals surface area contributed by atoms with E-state index in [4.69, 9.17) is 0 Å². The molecular formula is C17H31N3S. The molecule has 0 aliphatic heterocycles. The van der Waals surface area contributed by atoms with E-state index in [-0.39, 0.29) is 5.54 Å². The minimum atomic E-state index is 0.144. The molecule has 0 saturated heterocycles. The predicted octanol–water partition coefficient (Wildman–Crippen LogP) is 3.71. The van der Waals surface area contributed by atoms with Crippen LogP contribution in [0.15, 0.2) is 17.3 Å². The monoisotopic (exact) mass is 309 g/mol. The van der Waals surface area contributed by atoms with Crippen LogP contribution >= 0.6 is 11.8 Å². The van der Waals surface area contributed by atoms with E-state index >= 15 is 0 Å². The standard InChI is InChI=1S/C17H31N3S/c1-7-20(8-2)9-10-21-16-14(3)11-15(12-18-16)13-19-17(4,5)6/h11-12,19H,7-10,13H2,1-6H3. The summed E-state index contributed by atoms with van der Waals surface area (Å²) in [6.45, 7) is 17.4. The van der Waals surface area contributed by atoms with E-state index in [0.717, 1.165) is 31.9 Å². The van der Waals surface area contributed by atoms with Gasteiger partial charge in [-0.1, -0.05) is 19.9 Å². The molecule has 1 N–H and O–H groups in total. The molecule has 1 aromatic rings. The molecule has 0 aliphatic carbocycles. The number of aryl methyl sites for hydroxylation is 1.